The van der Waals surface area contributed by atoms with Gasteiger partial charge in [-0.25, -0.2) is 0 Å². The van der Waals surface area contributed by atoms with Crippen LogP contribution in [0.1, 0.15) is 18.4 Å². The van der Waals surface area contributed by atoms with Crippen molar-refractivity contribution < 1.29 is 32.2 Å². The number of nitrogens with one attached hydrogen (secondary N) is 2. The first-order valence-electron chi connectivity index (χ1n) is 8.35. The minimum absolute atomic E-state index is 0. The monoisotopic (exact) mass is 412 g/mol. The number of carbonyl (C=O) groups excluding carboxylic acids is 1. The average molecular weight is 413 g/mol. The Kier molecular flexibility index (Phi) is 9.86. The zero-order valence-electron chi connectivity index (χ0n) is 14.9. The van der Waals surface area contributed by atoms with Gasteiger partial charge in [-0.1, -0.05) is 0 Å². The standard InChI is InChI=1S/C17H23F3N2O4.ClH/c1-24-7-8-26-15-5-4-12(17(18,19)20)9-14(15)22-16(23)11-21-10-13-3-2-6-25-13;/h4-5,9,13,21H,2-3,6-8,10-11H2,1H3,(H,22,23);1H. The molecule has 2 rings (SSSR count). The number of benzene rings is 1. The summed E-state index contributed by atoms with van der Waals surface area (Å²) in [7, 11) is 1.48. The van der Waals surface area contributed by atoms with Crippen molar-refractivity contribution in [1.82, 2.24) is 5.32 Å². The summed E-state index contributed by atoms with van der Waals surface area (Å²) in [5.74, 6) is -0.304. The number of hydrogen-bond acceptors (Lipinski definition) is 5. The zero-order chi connectivity index (χ0) is 19.0. The highest BCUT2D eigenvalue weighted by molar-refractivity contribution is 5.93. The molecule has 0 saturated carbocycles. The molecule has 1 aliphatic rings. The van der Waals surface area contributed by atoms with Crippen molar-refractivity contribution in [1.29, 1.82) is 0 Å². The molecule has 154 valence electrons. The fourth-order valence-corrected chi connectivity index (χ4v) is 2.51. The summed E-state index contributed by atoms with van der Waals surface area (Å²) in [6.45, 7) is 1.63. The van der Waals surface area contributed by atoms with Crippen molar-refractivity contribution in [3.05, 3.63) is 23.8 Å². The average Bonchev–Trinajstić information content (AvgIpc) is 3.09. The van der Waals surface area contributed by atoms with E-state index in [1.165, 1.54) is 13.2 Å². The molecule has 1 atom stereocenters. The predicted octanol–water partition coefficient (Wildman–Crippen LogP) is 2.86. The number of amides is 1. The van der Waals surface area contributed by atoms with Gasteiger partial charge in [-0.2, -0.15) is 13.2 Å². The van der Waals surface area contributed by atoms with E-state index < -0.39 is 17.6 Å². The SMILES string of the molecule is COCCOc1ccc(C(F)(F)F)cc1NC(=O)CNCC1CCCO1.Cl. The molecule has 1 aliphatic heterocycles. The molecule has 0 aromatic heterocycles. The molecule has 0 spiro atoms. The van der Waals surface area contributed by atoms with Gasteiger partial charge in [0.15, 0.2) is 0 Å². The minimum Gasteiger partial charge on any atom is -0.489 e. The highest BCUT2D eigenvalue weighted by Gasteiger charge is 2.31. The Morgan fingerprint density at radius 2 is 2.11 bits per heavy atom. The Hall–Kier alpha value is -1.55. The van der Waals surface area contributed by atoms with E-state index in [-0.39, 0.29) is 49.7 Å². The van der Waals surface area contributed by atoms with E-state index in [0.29, 0.717) is 13.2 Å². The maximum absolute atomic E-state index is 12.9. The highest BCUT2D eigenvalue weighted by Crippen LogP contribution is 2.35. The molecule has 6 nitrogen and oxygen atoms in total. The molecule has 1 amide bonds. The third-order valence-electron chi connectivity index (χ3n) is 3.81. The lowest BCUT2D eigenvalue weighted by Gasteiger charge is -2.16. The van der Waals surface area contributed by atoms with Crippen LogP contribution in [0.4, 0.5) is 18.9 Å². The topological polar surface area (TPSA) is 68.8 Å². The van der Waals surface area contributed by atoms with Gasteiger partial charge in [0.2, 0.25) is 5.91 Å². The van der Waals surface area contributed by atoms with E-state index in [1.807, 2.05) is 0 Å². The van der Waals surface area contributed by atoms with Gasteiger partial charge in [-0.15, -0.1) is 12.4 Å². The minimum atomic E-state index is -4.51. The van der Waals surface area contributed by atoms with Crippen LogP contribution in [0.25, 0.3) is 0 Å². The largest absolute Gasteiger partial charge is 0.489 e. The van der Waals surface area contributed by atoms with E-state index in [4.69, 9.17) is 14.2 Å². The Balaban J connectivity index is 0.00000364. The second-order valence-electron chi connectivity index (χ2n) is 5.86. The Labute approximate surface area is 162 Å². The van der Waals surface area contributed by atoms with Crippen LogP contribution in [0.2, 0.25) is 0 Å². The smallest absolute Gasteiger partial charge is 0.416 e. The number of halogens is 4. The fourth-order valence-electron chi connectivity index (χ4n) is 2.51. The summed E-state index contributed by atoms with van der Waals surface area (Å²) < 4.78 is 54.4. The third-order valence-corrected chi connectivity index (χ3v) is 3.81. The molecular formula is C17H24ClF3N2O4. The number of carbonyl (C=O) groups is 1. The quantitative estimate of drug-likeness (QED) is 0.610. The molecule has 1 aromatic rings. The lowest BCUT2D eigenvalue weighted by atomic mass is 10.1. The molecule has 1 heterocycles. The summed E-state index contributed by atoms with van der Waals surface area (Å²) >= 11 is 0. The van der Waals surface area contributed by atoms with E-state index in [1.54, 1.807) is 0 Å². The molecule has 1 saturated heterocycles. The van der Waals surface area contributed by atoms with Crippen molar-refractivity contribution in [2.45, 2.75) is 25.1 Å². The molecule has 0 aliphatic carbocycles. The van der Waals surface area contributed by atoms with Crippen LogP contribution in [-0.2, 0) is 20.4 Å². The number of methoxy groups -OCH3 is 1. The van der Waals surface area contributed by atoms with Crippen LogP contribution in [0.15, 0.2) is 18.2 Å². The lowest BCUT2D eigenvalue weighted by molar-refractivity contribution is -0.137. The van der Waals surface area contributed by atoms with E-state index in [2.05, 4.69) is 10.6 Å². The molecule has 0 bridgehead atoms. The summed E-state index contributed by atoms with van der Waals surface area (Å²) in [5, 5.41) is 5.41. The van der Waals surface area contributed by atoms with Crippen molar-refractivity contribution >= 4 is 24.0 Å². The maximum Gasteiger partial charge on any atom is 0.416 e. The predicted molar refractivity (Wildman–Crippen MR) is 96.5 cm³/mol. The number of hydrogen-bond donors (Lipinski definition) is 2. The number of anilines is 1. The van der Waals surface area contributed by atoms with Gasteiger partial charge in [0.1, 0.15) is 12.4 Å². The summed E-state index contributed by atoms with van der Waals surface area (Å²) in [5.41, 5.74) is -0.890. The molecule has 2 N–H and O–H groups in total. The number of alkyl halides is 3. The van der Waals surface area contributed by atoms with Crippen LogP contribution in [0, 0.1) is 0 Å². The molecule has 27 heavy (non-hydrogen) atoms. The van der Waals surface area contributed by atoms with Gasteiger partial charge in [0.25, 0.3) is 0 Å². The van der Waals surface area contributed by atoms with Gasteiger partial charge in [0, 0.05) is 20.3 Å². The molecular weight excluding hydrogens is 389 g/mol. The molecule has 1 aromatic carbocycles. The lowest BCUT2D eigenvalue weighted by Crippen LogP contribution is -2.33. The first-order valence-corrected chi connectivity index (χ1v) is 8.35. The van der Waals surface area contributed by atoms with Gasteiger partial charge in [0.05, 0.1) is 30.5 Å². The van der Waals surface area contributed by atoms with Gasteiger partial charge in [-0.3, -0.25) is 4.79 Å². The van der Waals surface area contributed by atoms with Gasteiger partial charge < -0.3 is 24.8 Å². The maximum atomic E-state index is 12.9. The highest BCUT2D eigenvalue weighted by atomic mass is 35.5. The van der Waals surface area contributed by atoms with Crippen LogP contribution < -0.4 is 15.4 Å². The fraction of sp³-hybridized carbons (Fsp3) is 0.588. The molecule has 1 fully saturated rings. The van der Waals surface area contributed by atoms with Gasteiger partial charge >= 0.3 is 6.18 Å². The van der Waals surface area contributed by atoms with Crippen LogP contribution in [-0.4, -0.2) is 52.0 Å². The van der Waals surface area contributed by atoms with Crippen molar-refractivity contribution in [2.75, 3.05) is 45.3 Å². The second kappa shape index (κ2) is 11.3. The normalized spacial score (nSPS) is 16.7. The van der Waals surface area contributed by atoms with E-state index >= 15 is 0 Å². The first-order chi connectivity index (χ1) is 12.4. The van der Waals surface area contributed by atoms with E-state index in [9.17, 15) is 18.0 Å². The van der Waals surface area contributed by atoms with Crippen molar-refractivity contribution in [3.63, 3.8) is 0 Å². The number of ether oxygens (including phenoxy) is 3. The van der Waals surface area contributed by atoms with Crippen LogP contribution in [0.5, 0.6) is 5.75 Å². The first kappa shape index (κ1) is 23.5. The number of rotatable bonds is 9. The van der Waals surface area contributed by atoms with Crippen LogP contribution >= 0.6 is 12.4 Å². The second-order valence-corrected chi connectivity index (χ2v) is 5.86. The summed E-state index contributed by atoms with van der Waals surface area (Å²) in [4.78, 5) is 12.1. The van der Waals surface area contributed by atoms with Crippen molar-refractivity contribution in [3.8, 4) is 5.75 Å². The van der Waals surface area contributed by atoms with Crippen LogP contribution in [0.3, 0.4) is 0 Å². The molecule has 0 radical (unpaired) electrons. The third kappa shape index (κ3) is 7.92. The summed E-state index contributed by atoms with van der Waals surface area (Å²) in [6, 6.07) is 2.96. The zero-order valence-corrected chi connectivity index (χ0v) is 15.8. The van der Waals surface area contributed by atoms with Gasteiger partial charge in [-0.05, 0) is 31.0 Å². The Morgan fingerprint density at radius 3 is 2.74 bits per heavy atom. The Bertz CT molecular complexity index is 596. The molecule has 10 heteroatoms. The van der Waals surface area contributed by atoms with E-state index in [0.717, 1.165) is 25.0 Å². The Morgan fingerprint density at radius 1 is 1.33 bits per heavy atom. The summed E-state index contributed by atoms with van der Waals surface area (Å²) in [6.07, 6.45) is -2.52. The van der Waals surface area contributed by atoms with Crippen molar-refractivity contribution in [2.24, 2.45) is 0 Å². The molecule has 1 unspecified atom stereocenters.